The van der Waals surface area contributed by atoms with Crippen LogP contribution in [0.4, 0.5) is 0 Å². The summed E-state index contributed by atoms with van der Waals surface area (Å²) in [4.78, 5) is 0. The van der Waals surface area contributed by atoms with Crippen LogP contribution in [0.3, 0.4) is 0 Å². The van der Waals surface area contributed by atoms with Crippen LogP contribution in [0.1, 0.15) is 11.1 Å². The van der Waals surface area contributed by atoms with Crippen molar-refractivity contribution in [3.8, 4) is 28.7 Å². The summed E-state index contributed by atoms with van der Waals surface area (Å²) in [5, 5.41) is 3.31. The van der Waals surface area contributed by atoms with E-state index in [0.717, 1.165) is 17.1 Å². The molecule has 0 aliphatic heterocycles. The molecule has 0 aromatic heterocycles. The zero-order valence-electron chi connectivity index (χ0n) is 18.9. The molecule has 0 atom stereocenters. The summed E-state index contributed by atoms with van der Waals surface area (Å²) in [5.74, 6) is 3.37. The van der Waals surface area contributed by atoms with Crippen LogP contribution in [-0.2, 0) is 6.61 Å². The minimum absolute atomic E-state index is 0.479. The van der Waals surface area contributed by atoms with E-state index in [2.05, 4.69) is 30.4 Å². The van der Waals surface area contributed by atoms with Crippen LogP contribution >= 0.6 is 0 Å². The SMILES string of the molecule is COc1cccc(OC)c1OCCNCCOc1ccccc1OCc1cccc(C)c1. The molecule has 0 aliphatic rings. The summed E-state index contributed by atoms with van der Waals surface area (Å²) in [6.07, 6.45) is 0. The Kier molecular flexibility index (Phi) is 9.07. The third-order valence-corrected chi connectivity index (χ3v) is 4.77. The van der Waals surface area contributed by atoms with Gasteiger partial charge in [0.15, 0.2) is 23.0 Å². The van der Waals surface area contributed by atoms with Crippen molar-refractivity contribution in [1.82, 2.24) is 5.32 Å². The lowest BCUT2D eigenvalue weighted by Gasteiger charge is -2.15. The Morgan fingerprint density at radius 3 is 1.91 bits per heavy atom. The molecule has 6 heteroatoms. The predicted molar refractivity (Wildman–Crippen MR) is 125 cm³/mol. The first-order valence-corrected chi connectivity index (χ1v) is 10.7. The number of hydrogen-bond acceptors (Lipinski definition) is 6. The quantitative estimate of drug-likeness (QED) is 0.393. The first-order valence-electron chi connectivity index (χ1n) is 10.7. The molecule has 0 unspecified atom stereocenters. The predicted octanol–water partition coefficient (Wildman–Crippen LogP) is 4.64. The Labute approximate surface area is 190 Å². The van der Waals surface area contributed by atoms with E-state index in [1.165, 1.54) is 5.56 Å². The lowest BCUT2D eigenvalue weighted by Crippen LogP contribution is -2.26. The molecule has 0 heterocycles. The highest BCUT2D eigenvalue weighted by atomic mass is 16.5. The Balaban J connectivity index is 1.39. The maximum Gasteiger partial charge on any atom is 0.203 e. The molecule has 0 spiro atoms. The van der Waals surface area contributed by atoms with E-state index in [1.54, 1.807) is 14.2 Å². The molecule has 3 aromatic carbocycles. The van der Waals surface area contributed by atoms with Gasteiger partial charge in [0.2, 0.25) is 5.75 Å². The fourth-order valence-corrected chi connectivity index (χ4v) is 3.19. The molecule has 32 heavy (non-hydrogen) atoms. The second-order valence-corrected chi connectivity index (χ2v) is 7.16. The largest absolute Gasteiger partial charge is 0.493 e. The topological polar surface area (TPSA) is 58.2 Å². The fraction of sp³-hybridized carbons (Fsp3) is 0.308. The number of hydrogen-bond donors (Lipinski definition) is 1. The van der Waals surface area contributed by atoms with Gasteiger partial charge in [-0.15, -0.1) is 0 Å². The molecule has 3 aromatic rings. The van der Waals surface area contributed by atoms with Crippen molar-refractivity contribution in [3.05, 3.63) is 77.9 Å². The maximum atomic E-state index is 5.98. The van der Waals surface area contributed by atoms with E-state index in [9.17, 15) is 0 Å². The summed E-state index contributed by atoms with van der Waals surface area (Å²) in [7, 11) is 3.22. The van der Waals surface area contributed by atoms with Crippen molar-refractivity contribution in [1.29, 1.82) is 0 Å². The highest BCUT2D eigenvalue weighted by Crippen LogP contribution is 2.36. The van der Waals surface area contributed by atoms with Crippen LogP contribution in [-0.4, -0.2) is 40.5 Å². The first kappa shape index (κ1) is 23.3. The lowest BCUT2D eigenvalue weighted by atomic mass is 10.1. The number of benzene rings is 3. The third kappa shape index (κ3) is 6.82. The normalized spacial score (nSPS) is 10.5. The van der Waals surface area contributed by atoms with Gasteiger partial charge in [0.1, 0.15) is 19.8 Å². The van der Waals surface area contributed by atoms with Gasteiger partial charge in [0, 0.05) is 13.1 Å². The Morgan fingerprint density at radius 2 is 1.25 bits per heavy atom. The Hall–Kier alpha value is -3.38. The van der Waals surface area contributed by atoms with E-state index in [1.807, 2.05) is 48.5 Å². The second kappa shape index (κ2) is 12.5. The molecule has 0 fully saturated rings. The Bertz CT molecular complexity index is 954. The van der Waals surface area contributed by atoms with Gasteiger partial charge >= 0.3 is 0 Å². The number of rotatable bonds is 13. The van der Waals surface area contributed by atoms with Crippen molar-refractivity contribution >= 4 is 0 Å². The third-order valence-electron chi connectivity index (χ3n) is 4.77. The van der Waals surface area contributed by atoms with Crippen molar-refractivity contribution in [2.75, 3.05) is 40.5 Å². The number of ether oxygens (including phenoxy) is 5. The highest BCUT2D eigenvalue weighted by Gasteiger charge is 2.10. The second-order valence-electron chi connectivity index (χ2n) is 7.16. The summed E-state index contributed by atoms with van der Waals surface area (Å²) >= 11 is 0. The zero-order chi connectivity index (χ0) is 22.6. The Morgan fingerprint density at radius 1 is 0.656 bits per heavy atom. The summed E-state index contributed by atoms with van der Waals surface area (Å²) < 4.78 is 28.4. The first-order chi connectivity index (χ1) is 15.7. The molecule has 0 bridgehead atoms. The van der Waals surface area contributed by atoms with Gasteiger partial charge in [-0.3, -0.25) is 0 Å². The van der Waals surface area contributed by atoms with Crippen LogP contribution in [0.25, 0.3) is 0 Å². The number of aryl methyl sites for hydroxylation is 1. The molecule has 3 rings (SSSR count). The average Bonchev–Trinajstić information content (AvgIpc) is 2.82. The minimum atomic E-state index is 0.479. The molecule has 1 N–H and O–H groups in total. The molecule has 0 amide bonds. The monoisotopic (exact) mass is 437 g/mol. The summed E-state index contributed by atoms with van der Waals surface area (Å²) in [6.45, 7) is 4.92. The summed E-state index contributed by atoms with van der Waals surface area (Å²) in [6, 6.07) is 21.6. The van der Waals surface area contributed by atoms with Crippen molar-refractivity contribution in [3.63, 3.8) is 0 Å². The smallest absolute Gasteiger partial charge is 0.203 e. The number of methoxy groups -OCH3 is 2. The zero-order valence-corrected chi connectivity index (χ0v) is 18.9. The number of para-hydroxylation sites is 3. The molecule has 0 saturated carbocycles. The van der Waals surface area contributed by atoms with E-state index in [-0.39, 0.29) is 0 Å². The number of nitrogens with one attached hydrogen (secondary N) is 1. The van der Waals surface area contributed by atoms with Crippen LogP contribution in [0.5, 0.6) is 28.7 Å². The van der Waals surface area contributed by atoms with E-state index < -0.39 is 0 Å². The molecular formula is C26H31NO5. The van der Waals surface area contributed by atoms with E-state index >= 15 is 0 Å². The van der Waals surface area contributed by atoms with Gasteiger partial charge < -0.3 is 29.0 Å². The fourth-order valence-electron chi connectivity index (χ4n) is 3.19. The van der Waals surface area contributed by atoms with Crippen molar-refractivity contribution in [2.24, 2.45) is 0 Å². The van der Waals surface area contributed by atoms with Crippen LogP contribution in [0.15, 0.2) is 66.7 Å². The molecular weight excluding hydrogens is 406 g/mol. The van der Waals surface area contributed by atoms with Crippen LogP contribution < -0.4 is 29.0 Å². The van der Waals surface area contributed by atoms with Gasteiger partial charge in [-0.05, 0) is 36.8 Å². The highest BCUT2D eigenvalue weighted by molar-refractivity contribution is 5.51. The molecule has 170 valence electrons. The standard InChI is InChI=1S/C26H31NO5/c1-20-8-6-9-21(18-20)19-32-23-11-5-4-10-22(23)30-16-14-27-15-17-31-26-24(28-2)12-7-13-25(26)29-3/h4-13,18,27H,14-17,19H2,1-3H3. The van der Waals surface area contributed by atoms with Crippen LogP contribution in [0, 0.1) is 6.92 Å². The molecule has 0 aliphatic carbocycles. The van der Waals surface area contributed by atoms with E-state index in [4.69, 9.17) is 23.7 Å². The maximum absolute atomic E-state index is 5.98. The molecule has 0 radical (unpaired) electrons. The van der Waals surface area contributed by atoms with Crippen LogP contribution in [0.2, 0.25) is 0 Å². The van der Waals surface area contributed by atoms with Gasteiger partial charge in [0.05, 0.1) is 14.2 Å². The van der Waals surface area contributed by atoms with Gasteiger partial charge in [0.25, 0.3) is 0 Å². The minimum Gasteiger partial charge on any atom is -0.493 e. The summed E-state index contributed by atoms with van der Waals surface area (Å²) in [5.41, 5.74) is 2.35. The lowest BCUT2D eigenvalue weighted by molar-refractivity contribution is 0.252. The van der Waals surface area contributed by atoms with Gasteiger partial charge in [-0.25, -0.2) is 0 Å². The average molecular weight is 438 g/mol. The molecule has 6 nitrogen and oxygen atoms in total. The van der Waals surface area contributed by atoms with E-state index in [0.29, 0.717) is 50.2 Å². The van der Waals surface area contributed by atoms with Gasteiger partial charge in [-0.1, -0.05) is 48.0 Å². The van der Waals surface area contributed by atoms with Gasteiger partial charge in [-0.2, -0.15) is 0 Å². The molecule has 0 saturated heterocycles. The van der Waals surface area contributed by atoms with Crippen molar-refractivity contribution in [2.45, 2.75) is 13.5 Å². The van der Waals surface area contributed by atoms with Crippen molar-refractivity contribution < 1.29 is 23.7 Å².